The monoisotopic (exact) mass is 390 g/mol. The van der Waals surface area contributed by atoms with E-state index in [0.29, 0.717) is 31.7 Å². The normalized spacial score (nSPS) is 17.6. The van der Waals surface area contributed by atoms with Crippen molar-refractivity contribution in [2.75, 3.05) is 13.1 Å². The molecule has 2 heterocycles. The molecule has 1 atom stereocenters. The van der Waals surface area contributed by atoms with Crippen molar-refractivity contribution < 1.29 is 9.59 Å². The van der Waals surface area contributed by atoms with E-state index >= 15 is 0 Å². The first-order valence-electron chi connectivity index (χ1n) is 10.1. The summed E-state index contributed by atoms with van der Waals surface area (Å²) < 4.78 is 1.74. The van der Waals surface area contributed by atoms with Gasteiger partial charge in [-0.2, -0.15) is 5.10 Å². The summed E-state index contributed by atoms with van der Waals surface area (Å²) in [5.41, 5.74) is 2.50. The van der Waals surface area contributed by atoms with Crippen LogP contribution in [0.1, 0.15) is 35.8 Å². The molecule has 0 radical (unpaired) electrons. The number of carbonyl (C=O) groups excluding carboxylic acids is 2. The van der Waals surface area contributed by atoms with E-state index in [4.69, 9.17) is 0 Å². The second-order valence-corrected chi connectivity index (χ2v) is 7.56. The zero-order chi connectivity index (χ0) is 20.4. The van der Waals surface area contributed by atoms with E-state index in [9.17, 15) is 9.59 Å². The molecular weight excluding hydrogens is 364 g/mol. The average Bonchev–Trinajstić information content (AvgIpc) is 3.00. The van der Waals surface area contributed by atoms with Gasteiger partial charge in [-0.25, -0.2) is 0 Å². The predicted molar refractivity (Wildman–Crippen MR) is 112 cm³/mol. The summed E-state index contributed by atoms with van der Waals surface area (Å²) in [7, 11) is 1.85. The van der Waals surface area contributed by atoms with Crippen LogP contribution in [0.5, 0.6) is 0 Å². The second-order valence-electron chi connectivity index (χ2n) is 7.56. The van der Waals surface area contributed by atoms with Crippen molar-refractivity contribution in [2.45, 2.75) is 32.4 Å². The number of aryl methyl sites for hydroxylation is 1. The Morgan fingerprint density at radius 1 is 1.10 bits per heavy atom. The lowest BCUT2D eigenvalue weighted by Crippen LogP contribution is -2.43. The lowest BCUT2D eigenvalue weighted by atomic mass is 10.1. The minimum absolute atomic E-state index is 0.0101. The molecule has 6 nitrogen and oxygen atoms in total. The average molecular weight is 390 g/mol. The van der Waals surface area contributed by atoms with Crippen molar-refractivity contribution in [3.05, 3.63) is 65.9 Å². The first-order valence-corrected chi connectivity index (χ1v) is 10.1. The standard InChI is InChI=1S/C23H26N4O2/c1-3-18-16-26(14-13-21(28)27(18)15-17-9-5-4-6-10-17)23(29)22-19-11-7-8-12-20(19)25(2)24-22/h4-12,18H,3,13-16H2,1-2H3/t18-/m0/s1. The first kappa shape index (κ1) is 19.2. The molecule has 6 heteroatoms. The van der Waals surface area contributed by atoms with Crippen LogP contribution in [0, 0.1) is 0 Å². The van der Waals surface area contributed by atoms with Crippen molar-refractivity contribution in [1.82, 2.24) is 19.6 Å². The highest BCUT2D eigenvalue weighted by Crippen LogP contribution is 2.22. The number of para-hydroxylation sites is 1. The topological polar surface area (TPSA) is 58.4 Å². The molecule has 0 bridgehead atoms. The fraction of sp³-hybridized carbons (Fsp3) is 0.348. The Bertz CT molecular complexity index is 1030. The Labute approximate surface area is 170 Å². The Balaban J connectivity index is 1.59. The van der Waals surface area contributed by atoms with E-state index in [1.54, 1.807) is 9.58 Å². The first-order chi connectivity index (χ1) is 14.1. The van der Waals surface area contributed by atoms with E-state index < -0.39 is 0 Å². The molecule has 2 amide bonds. The maximum atomic E-state index is 13.3. The molecule has 1 fully saturated rings. The zero-order valence-corrected chi connectivity index (χ0v) is 16.9. The highest BCUT2D eigenvalue weighted by atomic mass is 16.2. The largest absolute Gasteiger partial charge is 0.335 e. The van der Waals surface area contributed by atoms with Crippen LogP contribution >= 0.6 is 0 Å². The maximum Gasteiger partial charge on any atom is 0.275 e. The Kier molecular flexibility index (Phi) is 5.34. The SMILES string of the molecule is CC[C@H]1CN(C(=O)c2nn(C)c3ccccc23)CCC(=O)N1Cc1ccccc1. The van der Waals surface area contributed by atoms with Gasteiger partial charge in [0.1, 0.15) is 0 Å². The van der Waals surface area contributed by atoms with Gasteiger partial charge >= 0.3 is 0 Å². The molecular formula is C23H26N4O2. The van der Waals surface area contributed by atoms with Gasteiger partial charge in [0.2, 0.25) is 5.91 Å². The maximum absolute atomic E-state index is 13.3. The predicted octanol–water partition coefficient (Wildman–Crippen LogP) is 3.23. The molecule has 1 saturated heterocycles. The van der Waals surface area contributed by atoms with Crippen LogP contribution in [-0.4, -0.2) is 50.5 Å². The Hall–Kier alpha value is -3.15. The summed E-state index contributed by atoms with van der Waals surface area (Å²) in [6, 6.07) is 17.8. The summed E-state index contributed by atoms with van der Waals surface area (Å²) in [4.78, 5) is 29.9. The Morgan fingerprint density at radius 2 is 1.83 bits per heavy atom. The number of carbonyl (C=O) groups is 2. The van der Waals surface area contributed by atoms with E-state index in [0.717, 1.165) is 22.9 Å². The molecule has 1 aromatic heterocycles. The summed E-state index contributed by atoms with van der Waals surface area (Å²) in [6.45, 7) is 3.59. The molecule has 29 heavy (non-hydrogen) atoms. The molecule has 3 aromatic rings. The van der Waals surface area contributed by atoms with Gasteiger partial charge in [0.15, 0.2) is 5.69 Å². The van der Waals surface area contributed by atoms with Crippen LogP contribution in [-0.2, 0) is 18.4 Å². The van der Waals surface area contributed by atoms with Crippen molar-refractivity contribution in [3.63, 3.8) is 0 Å². The van der Waals surface area contributed by atoms with Crippen LogP contribution in [0.2, 0.25) is 0 Å². The number of nitrogens with zero attached hydrogens (tertiary/aromatic N) is 4. The van der Waals surface area contributed by atoms with Gasteiger partial charge in [-0.3, -0.25) is 14.3 Å². The number of fused-ring (bicyclic) bond motifs is 1. The summed E-state index contributed by atoms with van der Waals surface area (Å²) >= 11 is 0. The second kappa shape index (κ2) is 8.07. The molecule has 1 aliphatic rings. The van der Waals surface area contributed by atoms with Crippen molar-refractivity contribution in [3.8, 4) is 0 Å². The molecule has 1 aliphatic heterocycles. The van der Waals surface area contributed by atoms with Gasteiger partial charge in [-0.1, -0.05) is 55.5 Å². The zero-order valence-electron chi connectivity index (χ0n) is 16.9. The van der Waals surface area contributed by atoms with Crippen molar-refractivity contribution in [1.29, 1.82) is 0 Å². The third-order valence-electron chi connectivity index (χ3n) is 5.70. The van der Waals surface area contributed by atoms with Gasteiger partial charge in [-0.15, -0.1) is 0 Å². The van der Waals surface area contributed by atoms with E-state index in [1.165, 1.54) is 0 Å². The minimum atomic E-state index is -0.102. The molecule has 0 spiro atoms. The Morgan fingerprint density at radius 3 is 2.59 bits per heavy atom. The van der Waals surface area contributed by atoms with Gasteiger partial charge in [0, 0.05) is 44.5 Å². The fourth-order valence-corrected chi connectivity index (χ4v) is 4.07. The summed E-state index contributed by atoms with van der Waals surface area (Å²) in [5.74, 6) is -0.00325. The van der Waals surface area contributed by atoms with Crippen molar-refractivity contribution in [2.24, 2.45) is 7.05 Å². The van der Waals surface area contributed by atoms with E-state index in [1.807, 2.05) is 66.5 Å². The van der Waals surface area contributed by atoms with Crippen LogP contribution in [0.3, 0.4) is 0 Å². The smallest absolute Gasteiger partial charge is 0.275 e. The quantitative estimate of drug-likeness (QED) is 0.687. The molecule has 2 aromatic carbocycles. The van der Waals surface area contributed by atoms with Crippen LogP contribution in [0.25, 0.3) is 10.9 Å². The van der Waals surface area contributed by atoms with Gasteiger partial charge in [0.05, 0.1) is 5.52 Å². The van der Waals surface area contributed by atoms with Crippen LogP contribution in [0.4, 0.5) is 0 Å². The van der Waals surface area contributed by atoms with Gasteiger partial charge in [0.25, 0.3) is 5.91 Å². The molecule has 0 unspecified atom stereocenters. The number of aromatic nitrogens is 2. The fourth-order valence-electron chi connectivity index (χ4n) is 4.07. The third kappa shape index (κ3) is 3.75. The van der Waals surface area contributed by atoms with Crippen molar-refractivity contribution >= 4 is 22.7 Å². The number of rotatable bonds is 4. The molecule has 0 N–H and O–H groups in total. The third-order valence-corrected chi connectivity index (χ3v) is 5.70. The minimum Gasteiger partial charge on any atom is -0.335 e. The summed E-state index contributed by atoms with van der Waals surface area (Å²) in [5, 5.41) is 5.33. The number of amides is 2. The molecule has 0 saturated carbocycles. The van der Waals surface area contributed by atoms with E-state index in [2.05, 4.69) is 12.0 Å². The van der Waals surface area contributed by atoms with Crippen LogP contribution < -0.4 is 0 Å². The molecule has 150 valence electrons. The van der Waals surface area contributed by atoms with Gasteiger partial charge in [-0.05, 0) is 18.1 Å². The number of hydrogen-bond donors (Lipinski definition) is 0. The lowest BCUT2D eigenvalue weighted by Gasteiger charge is -2.31. The number of benzene rings is 2. The highest BCUT2D eigenvalue weighted by molar-refractivity contribution is 6.05. The molecule has 0 aliphatic carbocycles. The molecule has 4 rings (SSSR count). The van der Waals surface area contributed by atoms with E-state index in [-0.39, 0.29) is 17.9 Å². The van der Waals surface area contributed by atoms with Crippen LogP contribution in [0.15, 0.2) is 54.6 Å². The summed E-state index contributed by atoms with van der Waals surface area (Å²) in [6.07, 6.45) is 1.13. The number of hydrogen-bond acceptors (Lipinski definition) is 3. The lowest BCUT2D eigenvalue weighted by molar-refractivity contribution is -0.133. The van der Waals surface area contributed by atoms with Gasteiger partial charge < -0.3 is 9.80 Å². The highest BCUT2D eigenvalue weighted by Gasteiger charge is 2.32.